The molecule has 2 aliphatic rings. The molecule has 2 fully saturated rings. The van der Waals surface area contributed by atoms with Gasteiger partial charge in [-0.2, -0.15) is 0 Å². The van der Waals surface area contributed by atoms with Crippen molar-refractivity contribution >= 4 is 6.03 Å². The molecule has 2 aliphatic heterocycles. The molecule has 0 spiro atoms. The van der Waals surface area contributed by atoms with Gasteiger partial charge in [0.1, 0.15) is 0 Å². The zero-order chi connectivity index (χ0) is 7.14. The first-order valence-electron chi connectivity index (χ1n) is 3.84. The maximum absolute atomic E-state index is 11.1. The molecule has 56 valence electrons. The summed E-state index contributed by atoms with van der Waals surface area (Å²) in [7, 11) is 0. The number of nitrogens with zero attached hydrogens (tertiary/aromatic N) is 1. The molecular formula is C7H12N2O. The minimum Gasteiger partial charge on any atom is -0.333 e. The van der Waals surface area contributed by atoms with Crippen molar-refractivity contribution < 1.29 is 4.79 Å². The van der Waals surface area contributed by atoms with Crippen molar-refractivity contribution in [3.05, 3.63) is 0 Å². The van der Waals surface area contributed by atoms with E-state index in [1.807, 2.05) is 4.90 Å². The van der Waals surface area contributed by atoms with Crippen LogP contribution < -0.4 is 5.32 Å². The van der Waals surface area contributed by atoms with Crippen LogP contribution in [0.5, 0.6) is 0 Å². The lowest BCUT2D eigenvalue weighted by Crippen LogP contribution is -2.37. The largest absolute Gasteiger partial charge is 0.333 e. The zero-order valence-corrected chi connectivity index (χ0v) is 6.13. The Hall–Kier alpha value is -0.730. The monoisotopic (exact) mass is 140 g/mol. The summed E-state index contributed by atoms with van der Waals surface area (Å²) in [5.74, 6) is 0. The lowest BCUT2D eigenvalue weighted by Gasteiger charge is -2.27. The van der Waals surface area contributed by atoms with Gasteiger partial charge in [-0.3, -0.25) is 0 Å². The predicted molar refractivity (Wildman–Crippen MR) is 37.7 cm³/mol. The molecule has 0 unspecified atom stereocenters. The standard InChI is InChI=1S/C7H12N2O/c1-5-2-3-6-4-9(5)7(10)8-6/h5-6H,2-4H2,1H3,(H,8,10)/t5-,6-/m1/s1. The highest BCUT2D eigenvalue weighted by Gasteiger charge is 2.35. The van der Waals surface area contributed by atoms with E-state index in [1.165, 1.54) is 0 Å². The fourth-order valence-corrected chi connectivity index (χ4v) is 1.77. The van der Waals surface area contributed by atoms with E-state index in [4.69, 9.17) is 0 Å². The summed E-state index contributed by atoms with van der Waals surface area (Å²) in [5, 5.41) is 2.93. The Kier molecular flexibility index (Phi) is 1.13. The van der Waals surface area contributed by atoms with Crippen LogP contribution in [0.25, 0.3) is 0 Å². The quantitative estimate of drug-likeness (QED) is 0.524. The minimum atomic E-state index is 0.134. The second kappa shape index (κ2) is 1.87. The van der Waals surface area contributed by atoms with E-state index in [0.29, 0.717) is 12.1 Å². The second-order valence-corrected chi connectivity index (χ2v) is 3.23. The van der Waals surface area contributed by atoms with Crippen LogP contribution in [0.15, 0.2) is 0 Å². The number of hydrogen-bond donors (Lipinski definition) is 1. The van der Waals surface area contributed by atoms with Crippen LogP contribution >= 0.6 is 0 Å². The van der Waals surface area contributed by atoms with Gasteiger partial charge in [0.15, 0.2) is 0 Å². The molecule has 2 heterocycles. The average Bonchev–Trinajstić information content (AvgIpc) is 2.21. The lowest BCUT2D eigenvalue weighted by atomic mass is 10.0. The summed E-state index contributed by atoms with van der Waals surface area (Å²) in [4.78, 5) is 13.0. The number of piperidine rings is 1. The predicted octanol–water partition coefficient (Wildman–Crippen LogP) is 0.562. The van der Waals surface area contributed by atoms with Gasteiger partial charge in [0.25, 0.3) is 0 Å². The SMILES string of the molecule is C[C@@H]1CC[C@@H]2CN1C(=O)N2. The fourth-order valence-electron chi connectivity index (χ4n) is 1.77. The fraction of sp³-hybridized carbons (Fsp3) is 0.857. The van der Waals surface area contributed by atoms with Gasteiger partial charge < -0.3 is 10.2 Å². The third kappa shape index (κ3) is 0.696. The molecule has 1 N–H and O–H groups in total. The molecular weight excluding hydrogens is 128 g/mol. The molecule has 10 heavy (non-hydrogen) atoms. The number of nitrogens with one attached hydrogen (secondary N) is 1. The topological polar surface area (TPSA) is 32.3 Å². The highest BCUT2D eigenvalue weighted by molar-refractivity contribution is 5.77. The number of hydrogen-bond acceptors (Lipinski definition) is 1. The molecule has 0 aromatic carbocycles. The number of rotatable bonds is 0. The number of carbonyl (C=O) groups excluding carboxylic acids is 1. The Labute approximate surface area is 60.4 Å². The Morgan fingerprint density at radius 2 is 2.40 bits per heavy atom. The van der Waals surface area contributed by atoms with Gasteiger partial charge in [0, 0.05) is 18.6 Å². The van der Waals surface area contributed by atoms with E-state index >= 15 is 0 Å². The van der Waals surface area contributed by atoms with Crippen LogP contribution in [0.3, 0.4) is 0 Å². The maximum atomic E-state index is 11.1. The third-order valence-electron chi connectivity index (χ3n) is 2.47. The summed E-state index contributed by atoms with van der Waals surface area (Å²) >= 11 is 0. The first-order valence-corrected chi connectivity index (χ1v) is 3.84. The third-order valence-corrected chi connectivity index (χ3v) is 2.47. The maximum Gasteiger partial charge on any atom is 0.317 e. The first-order chi connectivity index (χ1) is 4.77. The smallest absolute Gasteiger partial charge is 0.317 e. The van der Waals surface area contributed by atoms with Crippen LogP contribution in [0.2, 0.25) is 0 Å². The molecule has 2 rings (SSSR count). The molecule has 2 atom stereocenters. The average molecular weight is 140 g/mol. The van der Waals surface area contributed by atoms with Crippen LogP contribution in [0, 0.1) is 0 Å². The van der Waals surface area contributed by atoms with Gasteiger partial charge in [0.2, 0.25) is 0 Å². The summed E-state index contributed by atoms with van der Waals surface area (Å²) in [5.41, 5.74) is 0. The van der Waals surface area contributed by atoms with E-state index in [-0.39, 0.29) is 6.03 Å². The summed E-state index contributed by atoms with van der Waals surface area (Å²) in [6.45, 7) is 3.04. The number of amides is 2. The van der Waals surface area contributed by atoms with E-state index in [9.17, 15) is 4.79 Å². The molecule has 3 nitrogen and oxygen atoms in total. The molecule has 3 heteroatoms. The van der Waals surface area contributed by atoms with Gasteiger partial charge in [-0.1, -0.05) is 0 Å². The molecule has 2 bridgehead atoms. The van der Waals surface area contributed by atoms with Crippen molar-refractivity contribution in [2.75, 3.05) is 6.54 Å². The number of urea groups is 1. The molecule has 0 aromatic rings. The number of carbonyl (C=O) groups is 1. The van der Waals surface area contributed by atoms with E-state index in [2.05, 4.69) is 12.2 Å². The summed E-state index contributed by atoms with van der Waals surface area (Å²) in [6.07, 6.45) is 2.31. The highest BCUT2D eigenvalue weighted by Crippen LogP contribution is 2.21. The van der Waals surface area contributed by atoms with Crippen molar-refractivity contribution in [1.82, 2.24) is 10.2 Å². The van der Waals surface area contributed by atoms with Gasteiger partial charge in [-0.05, 0) is 19.8 Å². The number of fused-ring (bicyclic) bond motifs is 2. The van der Waals surface area contributed by atoms with Gasteiger partial charge in [0.05, 0.1) is 0 Å². The molecule has 2 saturated heterocycles. The van der Waals surface area contributed by atoms with E-state index in [1.54, 1.807) is 0 Å². The first kappa shape index (κ1) is 6.01. The van der Waals surface area contributed by atoms with Crippen LogP contribution in [-0.4, -0.2) is 29.6 Å². The molecule has 2 amide bonds. The summed E-state index contributed by atoms with van der Waals surface area (Å²) in [6, 6.07) is 1.04. The van der Waals surface area contributed by atoms with Crippen LogP contribution in [0.4, 0.5) is 4.79 Å². The molecule has 0 aliphatic carbocycles. The van der Waals surface area contributed by atoms with Gasteiger partial charge in [-0.25, -0.2) is 4.79 Å². The van der Waals surface area contributed by atoms with Gasteiger partial charge >= 0.3 is 6.03 Å². The van der Waals surface area contributed by atoms with Crippen molar-refractivity contribution in [3.63, 3.8) is 0 Å². The van der Waals surface area contributed by atoms with Crippen LogP contribution in [0.1, 0.15) is 19.8 Å². The molecule has 0 aromatic heterocycles. The highest BCUT2D eigenvalue weighted by atomic mass is 16.2. The Bertz CT molecular complexity index is 169. The van der Waals surface area contributed by atoms with Crippen molar-refractivity contribution in [2.45, 2.75) is 31.8 Å². The second-order valence-electron chi connectivity index (χ2n) is 3.23. The van der Waals surface area contributed by atoms with Gasteiger partial charge in [-0.15, -0.1) is 0 Å². The van der Waals surface area contributed by atoms with Crippen molar-refractivity contribution in [2.24, 2.45) is 0 Å². The van der Waals surface area contributed by atoms with E-state index < -0.39 is 0 Å². The molecule has 0 radical (unpaired) electrons. The Morgan fingerprint density at radius 1 is 1.60 bits per heavy atom. The van der Waals surface area contributed by atoms with E-state index in [0.717, 1.165) is 19.4 Å². The zero-order valence-electron chi connectivity index (χ0n) is 6.13. The van der Waals surface area contributed by atoms with Crippen molar-refractivity contribution in [1.29, 1.82) is 0 Å². The summed E-state index contributed by atoms with van der Waals surface area (Å²) < 4.78 is 0. The normalized spacial score (nSPS) is 38.1. The minimum absolute atomic E-state index is 0.134. The molecule has 0 saturated carbocycles. The Morgan fingerprint density at radius 3 is 3.10 bits per heavy atom. The lowest BCUT2D eigenvalue weighted by molar-refractivity contribution is 0.191. The Balaban J connectivity index is 2.17. The van der Waals surface area contributed by atoms with Crippen LogP contribution in [-0.2, 0) is 0 Å². The van der Waals surface area contributed by atoms with Crippen molar-refractivity contribution in [3.8, 4) is 0 Å².